The molecule has 2 aromatic heterocycles. The summed E-state index contributed by atoms with van der Waals surface area (Å²) in [5, 5.41) is 4.84. The Bertz CT molecular complexity index is 1790. The molecule has 0 unspecified atom stereocenters. The Morgan fingerprint density at radius 3 is 2.52 bits per heavy atom. The van der Waals surface area contributed by atoms with Gasteiger partial charge in [0, 0.05) is 35.3 Å². The van der Waals surface area contributed by atoms with E-state index in [1.807, 2.05) is 70.5 Å². The fourth-order valence-corrected chi connectivity index (χ4v) is 5.56. The van der Waals surface area contributed by atoms with Crippen molar-refractivity contribution in [1.82, 2.24) is 24.2 Å². The smallest absolute Gasteiger partial charge is 0.410 e. The number of carbonyl (C=O) groups is 1. The fourth-order valence-electron chi connectivity index (χ4n) is 5.56. The van der Waals surface area contributed by atoms with Crippen LogP contribution in [0.2, 0.25) is 0 Å². The maximum Gasteiger partial charge on any atom is 0.410 e. The predicted octanol–water partition coefficient (Wildman–Crippen LogP) is 5.62. The van der Waals surface area contributed by atoms with Crippen molar-refractivity contribution in [2.75, 3.05) is 6.54 Å². The molecule has 1 aliphatic rings. The number of aryl methyl sites for hydroxylation is 1. The van der Waals surface area contributed by atoms with E-state index in [2.05, 4.69) is 9.98 Å². The molecule has 0 aliphatic carbocycles. The van der Waals surface area contributed by atoms with Gasteiger partial charge >= 0.3 is 11.8 Å². The van der Waals surface area contributed by atoms with E-state index in [0.717, 1.165) is 28.2 Å². The second-order valence-corrected chi connectivity index (χ2v) is 12.6. The number of imidazole rings is 1. The number of nitrogens with two attached hydrogens (primary N) is 1. The SMILES string of the molecule is Cc1[nH]c(=O)n(Cc2ccc(-n3nc4c(c3C)CN(C(=O)OC(C)(C)C)CC4)cc2)c1/N=C(\N)c1cccc(F)c1C(C)C. The van der Waals surface area contributed by atoms with Crippen molar-refractivity contribution in [3.05, 3.63) is 98.1 Å². The lowest BCUT2D eigenvalue weighted by molar-refractivity contribution is 0.0223. The number of hydrogen-bond acceptors (Lipinski definition) is 5. The number of amides is 1. The molecular formula is C33H40FN7O3. The van der Waals surface area contributed by atoms with Crippen LogP contribution in [0.25, 0.3) is 5.69 Å². The number of carbonyl (C=O) groups excluding carboxylic acids is 1. The lowest BCUT2D eigenvalue weighted by Crippen LogP contribution is -2.39. The first-order chi connectivity index (χ1) is 20.7. The van der Waals surface area contributed by atoms with Crippen LogP contribution < -0.4 is 11.4 Å². The number of rotatable bonds is 6. The molecule has 0 atom stereocenters. The highest BCUT2D eigenvalue weighted by atomic mass is 19.1. The molecule has 3 N–H and O–H groups in total. The monoisotopic (exact) mass is 601 g/mol. The van der Waals surface area contributed by atoms with Gasteiger partial charge in [0.1, 0.15) is 17.3 Å². The summed E-state index contributed by atoms with van der Waals surface area (Å²) >= 11 is 0. The Morgan fingerprint density at radius 2 is 1.86 bits per heavy atom. The van der Waals surface area contributed by atoms with Crippen LogP contribution in [0.3, 0.4) is 0 Å². The Morgan fingerprint density at radius 1 is 1.16 bits per heavy atom. The van der Waals surface area contributed by atoms with Crippen LogP contribution in [0, 0.1) is 19.7 Å². The van der Waals surface area contributed by atoms with Gasteiger partial charge in [-0.15, -0.1) is 0 Å². The normalized spacial score (nSPS) is 13.8. The quantitative estimate of drug-likeness (QED) is 0.219. The molecule has 0 radical (unpaired) electrons. The molecule has 5 rings (SSSR count). The van der Waals surface area contributed by atoms with Gasteiger partial charge in [-0.2, -0.15) is 5.10 Å². The van der Waals surface area contributed by atoms with E-state index < -0.39 is 5.60 Å². The van der Waals surface area contributed by atoms with Gasteiger partial charge in [0.05, 0.1) is 30.2 Å². The Balaban J connectivity index is 1.38. The number of nitrogens with one attached hydrogen (secondary N) is 1. The van der Waals surface area contributed by atoms with Crippen LogP contribution >= 0.6 is 0 Å². The van der Waals surface area contributed by atoms with E-state index in [1.165, 1.54) is 10.6 Å². The number of nitrogens with zero attached hydrogens (tertiary/aromatic N) is 5. The lowest BCUT2D eigenvalue weighted by Gasteiger charge is -2.29. The highest BCUT2D eigenvalue weighted by Crippen LogP contribution is 2.27. The number of aromatic nitrogens is 4. The number of fused-ring (bicyclic) bond motifs is 1. The second-order valence-electron chi connectivity index (χ2n) is 12.6. The topological polar surface area (TPSA) is 124 Å². The molecule has 0 bridgehead atoms. The molecule has 10 nitrogen and oxygen atoms in total. The van der Waals surface area contributed by atoms with Gasteiger partial charge in [0.2, 0.25) is 0 Å². The third-order valence-electron chi connectivity index (χ3n) is 7.73. The number of aromatic amines is 1. The molecule has 1 aliphatic heterocycles. The number of hydrogen-bond donors (Lipinski definition) is 2. The zero-order valence-electron chi connectivity index (χ0n) is 26.4. The number of amidine groups is 1. The minimum absolute atomic E-state index is 0.0964. The van der Waals surface area contributed by atoms with E-state index in [-0.39, 0.29) is 35.9 Å². The summed E-state index contributed by atoms with van der Waals surface area (Å²) in [4.78, 5) is 34.7. The van der Waals surface area contributed by atoms with Crippen LogP contribution in [0.5, 0.6) is 0 Å². The van der Waals surface area contributed by atoms with E-state index in [4.69, 9.17) is 15.6 Å². The zero-order valence-corrected chi connectivity index (χ0v) is 26.4. The maximum absolute atomic E-state index is 14.6. The Hall–Kier alpha value is -4.67. The Labute approximate surface area is 256 Å². The fraction of sp³-hybridized carbons (Fsp3) is 0.394. The van der Waals surface area contributed by atoms with Crippen molar-refractivity contribution >= 4 is 17.7 Å². The average Bonchev–Trinajstić information content (AvgIpc) is 3.42. The van der Waals surface area contributed by atoms with Gasteiger partial charge in [-0.25, -0.2) is 23.7 Å². The highest BCUT2D eigenvalue weighted by Gasteiger charge is 2.29. The van der Waals surface area contributed by atoms with Crippen molar-refractivity contribution in [3.8, 4) is 5.69 Å². The van der Waals surface area contributed by atoms with Gasteiger partial charge in [0.15, 0.2) is 5.82 Å². The first-order valence-electron chi connectivity index (χ1n) is 14.8. The van der Waals surface area contributed by atoms with Crippen molar-refractivity contribution in [1.29, 1.82) is 0 Å². The summed E-state index contributed by atoms with van der Waals surface area (Å²) in [6.45, 7) is 14.4. The molecule has 4 aromatic rings. The summed E-state index contributed by atoms with van der Waals surface area (Å²) in [7, 11) is 0. The average molecular weight is 602 g/mol. The molecule has 0 spiro atoms. The molecule has 11 heteroatoms. The summed E-state index contributed by atoms with van der Waals surface area (Å²) in [5.74, 6) is 0.0943. The number of H-pyrrole nitrogens is 1. The van der Waals surface area contributed by atoms with E-state index in [1.54, 1.807) is 24.0 Å². The maximum atomic E-state index is 14.6. The van der Waals surface area contributed by atoms with Crippen LogP contribution in [-0.2, 0) is 24.2 Å². The van der Waals surface area contributed by atoms with Gasteiger partial charge in [0.25, 0.3) is 0 Å². The summed E-state index contributed by atoms with van der Waals surface area (Å²) < 4.78 is 23.6. The molecule has 3 heterocycles. The van der Waals surface area contributed by atoms with E-state index in [9.17, 15) is 14.0 Å². The number of aliphatic imine (C=N–C) groups is 1. The predicted molar refractivity (Wildman–Crippen MR) is 168 cm³/mol. The van der Waals surface area contributed by atoms with Crippen LogP contribution in [0.15, 0.2) is 52.3 Å². The third-order valence-corrected chi connectivity index (χ3v) is 7.73. The Kier molecular flexibility index (Phi) is 8.24. The van der Waals surface area contributed by atoms with Gasteiger partial charge in [-0.3, -0.25) is 4.57 Å². The molecule has 0 saturated carbocycles. The van der Waals surface area contributed by atoms with Gasteiger partial charge in [-0.1, -0.05) is 38.1 Å². The standard InChI is InChI=1S/C33H40FN7O3/c1-19(2)28-24(9-8-10-26(28)34)29(35)37-30-20(3)36-31(42)40(30)17-22-11-13-23(14-12-22)41-21(4)25-18-39(16-15-27(25)38-41)32(43)44-33(5,6)7/h8-14,19H,15-18H2,1-7H3,(H2,35,37)(H,36,42). The minimum atomic E-state index is -0.555. The highest BCUT2D eigenvalue weighted by molar-refractivity contribution is 6.00. The van der Waals surface area contributed by atoms with Crippen LogP contribution in [0.1, 0.15) is 79.9 Å². The first kappa shape index (κ1) is 30.8. The van der Waals surface area contributed by atoms with Crippen molar-refractivity contribution in [2.24, 2.45) is 10.7 Å². The minimum Gasteiger partial charge on any atom is -0.444 e. The molecule has 44 heavy (non-hydrogen) atoms. The van der Waals surface area contributed by atoms with E-state index in [0.29, 0.717) is 42.1 Å². The van der Waals surface area contributed by atoms with Crippen molar-refractivity contribution in [3.63, 3.8) is 0 Å². The van der Waals surface area contributed by atoms with Gasteiger partial charge in [-0.05, 0) is 64.3 Å². The molecule has 232 valence electrons. The van der Waals surface area contributed by atoms with Crippen molar-refractivity contribution < 1.29 is 13.9 Å². The second kappa shape index (κ2) is 11.8. The van der Waals surface area contributed by atoms with Gasteiger partial charge < -0.3 is 20.4 Å². The molecule has 2 aromatic carbocycles. The van der Waals surface area contributed by atoms with E-state index >= 15 is 0 Å². The summed E-state index contributed by atoms with van der Waals surface area (Å²) in [6.07, 6.45) is 0.327. The first-order valence-corrected chi connectivity index (χ1v) is 14.8. The number of benzene rings is 2. The van der Waals surface area contributed by atoms with Crippen LogP contribution in [-0.4, -0.2) is 48.3 Å². The van der Waals surface area contributed by atoms with Crippen LogP contribution in [0.4, 0.5) is 15.0 Å². The summed E-state index contributed by atoms with van der Waals surface area (Å²) in [6, 6.07) is 12.5. The third kappa shape index (κ3) is 6.17. The molecule has 0 saturated heterocycles. The van der Waals surface area contributed by atoms with Crippen molar-refractivity contribution in [2.45, 2.75) is 79.5 Å². The number of halogens is 1. The molecular weight excluding hydrogens is 561 g/mol. The lowest BCUT2D eigenvalue weighted by atomic mass is 9.96. The summed E-state index contributed by atoms with van der Waals surface area (Å²) in [5.41, 5.74) is 11.8. The zero-order chi connectivity index (χ0) is 31.9. The largest absolute Gasteiger partial charge is 0.444 e. The number of ether oxygens (including phenoxy) is 1. The molecule has 1 amide bonds. The molecule has 0 fully saturated rings.